The molecule has 1 aliphatic heterocycles. The van der Waals surface area contributed by atoms with Gasteiger partial charge in [0.25, 0.3) is 0 Å². The molecule has 1 atom stereocenters. The largest absolute Gasteiger partial charge is 0.478 e. The Bertz CT molecular complexity index is 710. The second-order valence-electron chi connectivity index (χ2n) is 4.91. The molecule has 3 rings (SSSR count). The van der Waals surface area contributed by atoms with Gasteiger partial charge >= 0.3 is 5.97 Å². The molecule has 20 heavy (non-hydrogen) atoms. The normalized spacial score (nSPS) is 18.8. The lowest BCUT2D eigenvalue weighted by Crippen LogP contribution is -2.25. The third-order valence-electron chi connectivity index (χ3n) is 3.49. The Morgan fingerprint density at radius 3 is 2.50 bits per heavy atom. The number of benzene rings is 2. The van der Waals surface area contributed by atoms with Crippen LogP contribution in [0.3, 0.4) is 0 Å². The van der Waals surface area contributed by atoms with E-state index in [1.54, 1.807) is 29.2 Å². The predicted octanol–water partition coefficient (Wildman–Crippen LogP) is 1.64. The first kappa shape index (κ1) is 12.6. The maximum absolute atomic E-state index is 11.8. The first-order chi connectivity index (χ1) is 9.54. The molecule has 0 aromatic heterocycles. The van der Waals surface area contributed by atoms with E-state index in [4.69, 9.17) is 5.11 Å². The zero-order valence-corrected chi connectivity index (χ0v) is 10.6. The fraction of sp³-hybridized carbons (Fsp3) is 0.200. The highest BCUT2D eigenvalue weighted by molar-refractivity contribution is 6.00. The third kappa shape index (κ3) is 2.12. The lowest BCUT2D eigenvalue weighted by Gasteiger charge is -2.16. The number of anilines is 1. The van der Waals surface area contributed by atoms with Crippen LogP contribution in [0.5, 0.6) is 0 Å². The Balaban J connectivity index is 2.01. The van der Waals surface area contributed by atoms with Crippen molar-refractivity contribution in [1.82, 2.24) is 0 Å². The molecule has 1 aliphatic rings. The lowest BCUT2D eigenvalue weighted by molar-refractivity contribution is -0.117. The van der Waals surface area contributed by atoms with Gasteiger partial charge in [-0.2, -0.15) is 0 Å². The van der Waals surface area contributed by atoms with E-state index in [1.165, 1.54) is 6.07 Å². The predicted molar refractivity (Wildman–Crippen MR) is 73.9 cm³/mol. The maximum atomic E-state index is 11.8. The van der Waals surface area contributed by atoms with Crippen LogP contribution in [-0.2, 0) is 4.79 Å². The Morgan fingerprint density at radius 2 is 1.85 bits per heavy atom. The number of nitrogens with zero attached hydrogens (tertiary/aromatic N) is 1. The fourth-order valence-corrected chi connectivity index (χ4v) is 2.47. The molecule has 2 aromatic rings. The molecule has 2 aromatic carbocycles. The molecule has 102 valence electrons. The zero-order valence-electron chi connectivity index (χ0n) is 10.6. The molecule has 1 fully saturated rings. The summed E-state index contributed by atoms with van der Waals surface area (Å²) in [5.74, 6) is -1.06. The van der Waals surface area contributed by atoms with Gasteiger partial charge in [0.2, 0.25) is 5.91 Å². The summed E-state index contributed by atoms with van der Waals surface area (Å²) in [6.07, 6.45) is -0.469. The Kier molecular flexibility index (Phi) is 2.91. The quantitative estimate of drug-likeness (QED) is 0.870. The van der Waals surface area contributed by atoms with Crippen LogP contribution in [0, 0.1) is 0 Å². The van der Waals surface area contributed by atoms with E-state index in [9.17, 15) is 14.7 Å². The van der Waals surface area contributed by atoms with Crippen molar-refractivity contribution in [1.29, 1.82) is 0 Å². The summed E-state index contributed by atoms with van der Waals surface area (Å²) < 4.78 is 0. The summed E-state index contributed by atoms with van der Waals surface area (Å²) >= 11 is 0. The Hall–Kier alpha value is -2.40. The van der Waals surface area contributed by atoms with Gasteiger partial charge in [-0.05, 0) is 35.0 Å². The molecule has 0 aliphatic carbocycles. The lowest BCUT2D eigenvalue weighted by atomic mass is 10.1. The molecule has 2 N–H and O–H groups in total. The first-order valence-electron chi connectivity index (χ1n) is 6.30. The van der Waals surface area contributed by atoms with Crippen LogP contribution in [0.2, 0.25) is 0 Å². The van der Waals surface area contributed by atoms with Gasteiger partial charge in [-0.3, -0.25) is 4.79 Å². The Labute approximate surface area is 115 Å². The molecule has 0 bridgehead atoms. The van der Waals surface area contributed by atoms with Gasteiger partial charge < -0.3 is 15.1 Å². The van der Waals surface area contributed by atoms with Gasteiger partial charge in [0.1, 0.15) is 0 Å². The van der Waals surface area contributed by atoms with E-state index >= 15 is 0 Å². The van der Waals surface area contributed by atoms with Gasteiger partial charge in [-0.15, -0.1) is 0 Å². The van der Waals surface area contributed by atoms with Crippen molar-refractivity contribution in [2.24, 2.45) is 0 Å². The molecule has 1 unspecified atom stereocenters. The molecular weight excluding hydrogens is 258 g/mol. The molecule has 1 heterocycles. The van der Waals surface area contributed by atoms with Gasteiger partial charge in [0.05, 0.1) is 24.6 Å². The summed E-state index contributed by atoms with van der Waals surface area (Å²) in [6.45, 7) is 0.303. The van der Waals surface area contributed by atoms with Crippen LogP contribution in [0.25, 0.3) is 10.8 Å². The van der Waals surface area contributed by atoms with Crippen molar-refractivity contribution in [3.63, 3.8) is 0 Å². The number of fused-ring (bicyclic) bond motifs is 1. The van der Waals surface area contributed by atoms with E-state index in [1.807, 2.05) is 6.07 Å². The van der Waals surface area contributed by atoms with Gasteiger partial charge in [0.15, 0.2) is 0 Å². The van der Waals surface area contributed by atoms with Crippen LogP contribution in [0.4, 0.5) is 5.69 Å². The van der Waals surface area contributed by atoms with Crippen LogP contribution in [0.1, 0.15) is 16.8 Å². The number of amides is 1. The molecule has 1 saturated heterocycles. The molecule has 5 nitrogen and oxygen atoms in total. The molecule has 5 heteroatoms. The first-order valence-corrected chi connectivity index (χ1v) is 6.30. The number of hydrogen-bond donors (Lipinski definition) is 2. The second-order valence-corrected chi connectivity index (χ2v) is 4.91. The highest BCUT2D eigenvalue weighted by atomic mass is 16.4. The van der Waals surface area contributed by atoms with Crippen LogP contribution in [-0.4, -0.2) is 34.7 Å². The van der Waals surface area contributed by atoms with Gasteiger partial charge in [-0.25, -0.2) is 4.79 Å². The molecule has 0 radical (unpaired) electrons. The highest BCUT2D eigenvalue weighted by Crippen LogP contribution is 2.26. The van der Waals surface area contributed by atoms with Crippen molar-refractivity contribution in [2.45, 2.75) is 12.5 Å². The van der Waals surface area contributed by atoms with Crippen molar-refractivity contribution < 1.29 is 19.8 Å². The summed E-state index contributed by atoms with van der Waals surface area (Å²) in [7, 11) is 0. The number of aliphatic hydroxyl groups is 1. The summed E-state index contributed by atoms with van der Waals surface area (Å²) in [4.78, 5) is 24.2. The number of carbonyl (C=O) groups is 2. The third-order valence-corrected chi connectivity index (χ3v) is 3.49. The van der Waals surface area contributed by atoms with Crippen molar-refractivity contribution in [3.8, 4) is 0 Å². The minimum atomic E-state index is -0.964. The average Bonchev–Trinajstić information content (AvgIpc) is 2.76. The van der Waals surface area contributed by atoms with Gasteiger partial charge in [-0.1, -0.05) is 12.1 Å². The van der Waals surface area contributed by atoms with E-state index < -0.39 is 12.1 Å². The van der Waals surface area contributed by atoms with Crippen LogP contribution < -0.4 is 4.90 Å². The number of aromatic carboxylic acids is 1. The minimum absolute atomic E-state index is 0.0981. The van der Waals surface area contributed by atoms with E-state index in [0.717, 1.165) is 16.5 Å². The maximum Gasteiger partial charge on any atom is 0.335 e. The zero-order chi connectivity index (χ0) is 14.3. The number of hydrogen-bond acceptors (Lipinski definition) is 3. The summed E-state index contributed by atoms with van der Waals surface area (Å²) in [5.41, 5.74) is 0.958. The minimum Gasteiger partial charge on any atom is -0.478 e. The fourth-order valence-electron chi connectivity index (χ4n) is 2.47. The van der Waals surface area contributed by atoms with E-state index in [-0.39, 0.29) is 17.9 Å². The summed E-state index contributed by atoms with van der Waals surface area (Å²) in [6, 6.07) is 10.2. The summed E-state index contributed by atoms with van der Waals surface area (Å²) in [5, 5.41) is 20.1. The average molecular weight is 271 g/mol. The van der Waals surface area contributed by atoms with Gasteiger partial charge in [0, 0.05) is 5.69 Å². The molecule has 0 spiro atoms. The van der Waals surface area contributed by atoms with Crippen molar-refractivity contribution >= 4 is 28.3 Å². The molecule has 1 amide bonds. The monoisotopic (exact) mass is 271 g/mol. The van der Waals surface area contributed by atoms with E-state index in [2.05, 4.69) is 0 Å². The Morgan fingerprint density at radius 1 is 1.15 bits per heavy atom. The number of carboxylic acids is 1. The number of β-amino-alcohol motifs (C(OH)–C–C–N with tert-alkyl or cyclic N) is 1. The van der Waals surface area contributed by atoms with Crippen LogP contribution >= 0.6 is 0 Å². The number of carbonyl (C=O) groups excluding carboxylic acids is 1. The van der Waals surface area contributed by atoms with Crippen molar-refractivity contribution in [3.05, 3.63) is 42.0 Å². The number of rotatable bonds is 2. The highest BCUT2D eigenvalue weighted by Gasteiger charge is 2.29. The van der Waals surface area contributed by atoms with Crippen LogP contribution in [0.15, 0.2) is 36.4 Å². The SMILES string of the molecule is O=C(O)c1ccc2cc(N3CC(O)CC3=O)ccc2c1. The number of aliphatic hydroxyl groups excluding tert-OH is 1. The second kappa shape index (κ2) is 4.61. The topological polar surface area (TPSA) is 77.8 Å². The number of carboxylic acid groups (broad SMARTS) is 1. The standard InChI is InChI=1S/C15H13NO4/c17-13-7-14(18)16(8-13)12-4-3-9-5-11(15(19)20)2-1-10(9)6-12/h1-6,13,17H,7-8H2,(H,19,20). The van der Waals surface area contributed by atoms with Crippen molar-refractivity contribution in [2.75, 3.05) is 11.4 Å². The molecule has 0 saturated carbocycles. The van der Waals surface area contributed by atoms with E-state index in [0.29, 0.717) is 6.54 Å². The smallest absolute Gasteiger partial charge is 0.335 e. The molecular formula is C15H13NO4.